The zero-order chi connectivity index (χ0) is 18.5. The normalized spacial score (nSPS) is 17.2. The van der Waals surface area contributed by atoms with Gasteiger partial charge in [-0.1, -0.05) is 0 Å². The Bertz CT molecular complexity index is 784. The van der Waals surface area contributed by atoms with Crippen LogP contribution in [0.2, 0.25) is 0 Å². The summed E-state index contributed by atoms with van der Waals surface area (Å²) in [5.41, 5.74) is 1.33. The van der Waals surface area contributed by atoms with Crippen LogP contribution in [0.5, 0.6) is 0 Å². The number of ether oxygens (including phenoxy) is 2. The highest BCUT2D eigenvalue weighted by atomic mass is 16.6. The zero-order valence-corrected chi connectivity index (χ0v) is 13.8. The molecule has 1 aromatic rings. The van der Waals surface area contributed by atoms with Crippen molar-refractivity contribution in [3.05, 3.63) is 58.0 Å². The van der Waals surface area contributed by atoms with Gasteiger partial charge in [0.2, 0.25) is 5.70 Å². The monoisotopic (exact) mass is 359 g/mol. The summed E-state index contributed by atoms with van der Waals surface area (Å²) in [4.78, 5) is 35.5. The van der Waals surface area contributed by atoms with Crippen LogP contribution in [0, 0.1) is 10.1 Å². The Balaban J connectivity index is 1.56. The van der Waals surface area contributed by atoms with Crippen molar-refractivity contribution in [2.24, 2.45) is 0 Å². The lowest BCUT2D eigenvalue weighted by molar-refractivity contribution is -0.428. The Morgan fingerprint density at radius 1 is 1.23 bits per heavy atom. The SMILES string of the molecule is O=C(Nc1ccc(N2CCOCC2=O)cc1)OC1=CC=C([N+](=O)[O-])CC1. The maximum Gasteiger partial charge on any atom is 0.416 e. The fourth-order valence-corrected chi connectivity index (χ4v) is 2.62. The Morgan fingerprint density at radius 3 is 2.62 bits per heavy atom. The fourth-order valence-electron chi connectivity index (χ4n) is 2.62. The Hall–Kier alpha value is -3.20. The third kappa shape index (κ3) is 4.25. The molecular weight excluding hydrogens is 342 g/mol. The first-order valence-electron chi connectivity index (χ1n) is 8.04. The maximum absolute atomic E-state index is 11.9. The summed E-state index contributed by atoms with van der Waals surface area (Å²) >= 11 is 0. The zero-order valence-electron chi connectivity index (χ0n) is 13.8. The molecular formula is C17H17N3O6. The van der Waals surface area contributed by atoms with E-state index in [1.807, 2.05) is 0 Å². The number of nitro groups is 1. The minimum Gasteiger partial charge on any atom is -0.415 e. The van der Waals surface area contributed by atoms with Gasteiger partial charge in [-0.2, -0.15) is 0 Å². The molecule has 2 aliphatic rings. The van der Waals surface area contributed by atoms with Crippen LogP contribution in [-0.4, -0.2) is 36.7 Å². The van der Waals surface area contributed by atoms with Crippen LogP contribution in [0.4, 0.5) is 16.2 Å². The van der Waals surface area contributed by atoms with Crippen molar-refractivity contribution < 1.29 is 24.0 Å². The minimum absolute atomic E-state index is 0.0635. The highest BCUT2D eigenvalue weighted by molar-refractivity contribution is 5.95. The third-order valence-corrected chi connectivity index (χ3v) is 3.96. The molecule has 136 valence electrons. The highest BCUT2D eigenvalue weighted by Gasteiger charge is 2.20. The number of morpholine rings is 1. The number of carbonyl (C=O) groups is 2. The van der Waals surface area contributed by atoms with E-state index in [-0.39, 0.29) is 31.1 Å². The predicted molar refractivity (Wildman–Crippen MR) is 92.1 cm³/mol. The first-order valence-corrected chi connectivity index (χ1v) is 8.04. The molecule has 0 saturated carbocycles. The van der Waals surface area contributed by atoms with Crippen LogP contribution in [0.3, 0.4) is 0 Å². The molecule has 9 heteroatoms. The number of anilines is 2. The predicted octanol–water partition coefficient (Wildman–Crippen LogP) is 2.44. The highest BCUT2D eigenvalue weighted by Crippen LogP contribution is 2.22. The number of rotatable bonds is 4. The topological polar surface area (TPSA) is 111 Å². The number of carbonyl (C=O) groups excluding carboxylic acids is 2. The van der Waals surface area contributed by atoms with E-state index < -0.39 is 11.0 Å². The smallest absolute Gasteiger partial charge is 0.415 e. The van der Waals surface area contributed by atoms with E-state index in [0.717, 1.165) is 5.69 Å². The van der Waals surface area contributed by atoms with Gasteiger partial charge >= 0.3 is 6.09 Å². The number of benzene rings is 1. The average Bonchev–Trinajstić information content (AvgIpc) is 2.63. The lowest BCUT2D eigenvalue weighted by Crippen LogP contribution is -2.41. The van der Waals surface area contributed by atoms with Gasteiger partial charge in [0.05, 0.1) is 11.5 Å². The van der Waals surface area contributed by atoms with E-state index in [0.29, 0.717) is 24.6 Å². The van der Waals surface area contributed by atoms with Gasteiger partial charge < -0.3 is 14.4 Å². The second kappa shape index (κ2) is 7.79. The molecule has 0 spiro atoms. The van der Waals surface area contributed by atoms with E-state index in [4.69, 9.17) is 9.47 Å². The van der Waals surface area contributed by atoms with Crippen LogP contribution in [0.15, 0.2) is 47.9 Å². The van der Waals surface area contributed by atoms with Crippen molar-refractivity contribution in [2.75, 3.05) is 30.0 Å². The second-order valence-corrected chi connectivity index (χ2v) is 5.71. The summed E-state index contributed by atoms with van der Waals surface area (Å²) in [6.45, 7) is 1.04. The van der Waals surface area contributed by atoms with Gasteiger partial charge in [-0.3, -0.25) is 20.2 Å². The van der Waals surface area contributed by atoms with Crippen LogP contribution in [0.25, 0.3) is 0 Å². The van der Waals surface area contributed by atoms with E-state index in [2.05, 4.69) is 5.32 Å². The van der Waals surface area contributed by atoms with E-state index in [1.165, 1.54) is 12.2 Å². The lowest BCUT2D eigenvalue weighted by atomic mass is 10.1. The molecule has 1 heterocycles. The van der Waals surface area contributed by atoms with Gasteiger partial charge in [0.25, 0.3) is 5.91 Å². The van der Waals surface area contributed by atoms with Crippen molar-refractivity contribution in [2.45, 2.75) is 12.8 Å². The van der Waals surface area contributed by atoms with Crippen molar-refractivity contribution in [3.63, 3.8) is 0 Å². The molecule has 0 atom stereocenters. The van der Waals surface area contributed by atoms with Gasteiger partial charge in [0.15, 0.2) is 0 Å². The summed E-state index contributed by atoms with van der Waals surface area (Å²) in [6, 6.07) is 6.79. The molecule has 1 aromatic carbocycles. The Labute approximate surface area is 149 Å². The molecule has 0 aromatic heterocycles. The number of nitrogens with one attached hydrogen (secondary N) is 1. The van der Waals surface area contributed by atoms with Crippen molar-refractivity contribution >= 4 is 23.4 Å². The molecule has 2 amide bonds. The first kappa shape index (κ1) is 17.6. The summed E-state index contributed by atoms with van der Waals surface area (Å²) in [7, 11) is 0. The summed E-state index contributed by atoms with van der Waals surface area (Å²) in [5.74, 6) is 0.256. The van der Waals surface area contributed by atoms with Gasteiger partial charge in [0.1, 0.15) is 12.4 Å². The average molecular weight is 359 g/mol. The van der Waals surface area contributed by atoms with Gasteiger partial charge in [-0.15, -0.1) is 0 Å². The van der Waals surface area contributed by atoms with E-state index in [9.17, 15) is 19.7 Å². The molecule has 0 radical (unpaired) electrons. The minimum atomic E-state index is -0.676. The first-order chi connectivity index (χ1) is 12.5. The van der Waals surface area contributed by atoms with Gasteiger partial charge in [-0.05, 0) is 30.3 Å². The molecule has 3 rings (SSSR count). The molecule has 1 fully saturated rings. The fraction of sp³-hybridized carbons (Fsp3) is 0.294. The Kier molecular flexibility index (Phi) is 5.28. The molecule has 26 heavy (non-hydrogen) atoms. The molecule has 1 aliphatic carbocycles. The lowest BCUT2D eigenvalue weighted by Gasteiger charge is -2.26. The molecule has 1 aliphatic heterocycles. The maximum atomic E-state index is 11.9. The largest absolute Gasteiger partial charge is 0.416 e. The van der Waals surface area contributed by atoms with Crippen molar-refractivity contribution in [1.82, 2.24) is 0 Å². The molecule has 1 N–H and O–H groups in total. The second-order valence-electron chi connectivity index (χ2n) is 5.71. The van der Waals surface area contributed by atoms with Crippen molar-refractivity contribution in [3.8, 4) is 0 Å². The van der Waals surface area contributed by atoms with E-state index in [1.54, 1.807) is 29.2 Å². The number of allylic oxidation sites excluding steroid dienone is 4. The molecule has 9 nitrogen and oxygen atoms in total. The number of hydrogen-bond donors (Lipinski definition) is 1. The summed E-state index contributed by atoms with van der Waals surface area (Å²) in [5, 5.41) is 13.2. The van der Waals surface area contributed by atoms with Crippen LogP contribution >= 0.6 is 0 Å². The number of amides is 2. The van der Waals surface area contributed by atoms with Crippen molar-refractivity contribution in [1.29, 1.82) is 0 Å². The number of nitrogens with zero attached hydrogens (tertiary/aromatic N) is 2. The molecule has 0 unspecified atom stereocenters. The summed E-state index contributed by atoms with van der Waals surface area (Å²) < 4.78 is 10.2. The van der Waals surface area contributed by atoms with Gasteiger partial charge in [-0.25, -0.2) is 4.79 Å². The molecule has 1 saturated heterocycles. The number of hydrogen-bond acceptors (Lipinski definition) is 6. The van der Waals surface area contributed by atoms with Crippen LogP contribution in [0.1, 0.15) is 12.8 Å². The molecule has 0 bridgehead atoms. The quantitative estimate of drug-likeness (QED) is 0.653. The van der Waals surface area contributed by atoms with Crippen LogP contribution < -0.4 is 10.2 Å². The van der Waals surface area contributed by atoms with E-state index >= 15 is 0 Å². The standard InChI is InChI=1S/C17H17N3O6/c21-16-11-25-10-9-19(16)13-3-1-12(2-4-13)18-17(22)26-15-7-5-14(6-8-15)20(23)24/h1-5,7H,6,8-11H2,(H,18,22). The third-order valence-electron chi connectivity index (χ3n) is 3.96. The van der Waals surface area contributed by atoms with Gasteiger partial charge in [0, 0.05) is 36.8 Å². The Morgan fingerprint density at radius 2 is 2.00 bits per heavy atom. The van der Waals surface area contributed by atoms with Crippen LogP contribution in [-0.2, 0) is 14.3 Å². The summed E-state index contributed by atoms with van der Waals surface area (Å²) in [6.07, 6.45) is 2.59.